The molecule has 2 heterocycles. The molecule has 3 N–H and O–H groups in total. The first-order chi connectivity index (χ1) is 6.72. The van der Waals surface area contributed by atoms with Crippen LogP contribution in [0.15, 0.2) is 0 Å². The monoisotopic (exact) mass is 196 g/mol. The summed E-state index contributed by atoms with van der Waals surface area (Å²) < 4.78 is 2.00. The molecule has 1 aromatic rings. The van der Waals surface area contributed by atoms with Crippen LogP contribution in [0.1, 0.15) is 31.1 Å². The van der Waals surface area contributed by atoms with Crippen LogP contribution in [-0.4, -0.2) is 26.4 Å². The third-order valence-corrected chi connectivity index (χ3v) is 2.75. The van der Waals surface area contributed by atoms with Crippen LogP contribution in [0.3, 0.4) is 0 Å². The Morgan fingerprint density at radius 3 is 3.14 bits per heavy atom. The van der Waals surface area contributed by atoms with Crippen molar-refractivity contribution < 1.29 is 5.11 Å². The first-order valence-electron chi connectivity index (χ1n) is 5.02. The lowest BCUT2D eigenvalue weighted by atomic mass is 10.0. The van der Waals surface area contributed by atoms with Crippen LogP contribution >= 0.6 is 0 Å². The molecule has 0 aromatic carbocycles. The fourth-order valence-corrected chi connectivity index (χ4v) is 1.86. The maximum absolute atomic E-state index is 9.59. The summed E-state index contributed by atoms with van der Waals surface area (Å²) in [6.07, 6.45) is 1.39. The number of fused-ring (bicyclic) bond motifs is 1. The first kappa shape index (κ1) is 9.61. The van der Waals surface area contributed by atoms with Gasteiger partial charge >= 0.3 is 0 Å². The predicted octanol–water partition coefficient (Wildman–Crippen LogP) is -0.148. The molecule has 1 aliphatic heterocycles. The van der Waals surface area contributed by atoms with E-state index in [0.29, 0.717) is 11.7 Å². The molecule has 0 radical (unpaired) electrons. The zero-order chi connectivity index (χ0) is 10.1. The lowest BCUT2D eigenvalue weighted by Gasteiger charge is -2.21. The van der Waals surface area contributed by atoms with E-state index >= 15 is 0 Å². The predicted molar refractivity (Wildman–Crippen MR) is 51.5 cm³/mol. The largest absolute Gasteiger partial charge is 0.384 e. The summed E-state index contributed by atoms with van der Waals surface area (Å²) in [5.74, 6) is 2.26. The van der Waals surface area contributed by atoms with Crippen molar-refractivity contribution in [2.24, 2.45) is 11.7 Å². The topological polar surface area (TPSA) is 77.0 Å². The van der Waals surface area contributed by atoms with Gasteiger partial charge in [0.25, 0.3) is 0 Å². The summed E-state index contributed by atoms with van der Waals surface area (Å²) in [6, 6.07) is 0. The second-order valence-corrected chi connectivity index (χ2v) is 3.98. The average Bonchev–Trinajstić information content (AvgIpc) is 2.59. The summed E-state index contributed by atoms with van der Waals surface area (Å²) in [4.78, 5) is 0. The van der Waals surface area contributed by atoms with E-state index in [2.05, 4.69) is 17.1 Å². The fraction of sp³-hybridized carbons (Fsp3) is 0.778. The van der Waals surface area contributed by atoms with Gasteiger partial charge in [-0.3, -0.25) is 0 Å². The lowest BCUT2D eigenvalue weighted by Crippen LogP contribution is -2.22. The van der Waals surface area contributed by atoms with Crippen molar-refractivity contribution in [3.63, 3.8) is 0 Å². The van der Waals surface area contributed by atoms with Crippen molar-refractivity contribution in [1.82, 2.24) is 14.8 Å². The van der Waals surface area contributed by atoms with E-state index in [1.807, 2.05) is 4.57 Å². The van der Waals surface area contributed by atoms with E-state index < -0.39 is 6.10 Å². The molecule has 0 fully saturated rings. The molecule has 2 rings (SSSR count). The third kappa shape index (κ3) is 1.53. The highest BCUT2D eigenvalue weighted by molar-refractivity contribution is 5.02. The number of aliphatic hydroxyl groups is 1. The van der Waals surface area contributed by atoms with Gasteiger partial charge in [-0.1, -0.05) is 6.92 Å². The molecule has 5 nitrogen and oxygen atoms in total. The fourth-order valence-electron chi connectivity index (χ4n) is 1.86. The summed E-state index contributed by atoms with van der Waals surface area (Å²) in [7, 11) is 0. The number of hydrogen-bond acceptors (Lipinski definition) is 4. The van der Waals surface area contributed by atoms with Crippen LogP contribution in [0.2, 0.25) is 0 Å². The van der Waals surface area contributed by atoms with Crippen molar-refractivity contribution in [3.8, 4) is 0 Å². The minimum absolute atomic E-state index is 0.202. The SMILES string of the molecule is CC1CCn2c(nnc2C(O)CN)C1. The van der Waals surface area contributed by atoms with Crippen molar-refractivity contribution in [2.75, 3.05) is 6.54 Å². The van der Waals surface area contributed by atoms with Crippen LogP contribution in [-0.2, 0) is 13.0 Å². The lowest BCUT2D eigenvalue weighted by molar-refractivity contribution is 0.169. The second kappa shape index (κ2) is 3.67. The Morgan fingerprint density at radius 1 is 1.64 bits per heavy atom. The van der Waals surface area contributed by atoms with Crippen LogP contribution in [0.5, 0.6) is 0 Å². The zero-order valence-electron chi connectivity index (χ0n) is 8.35. The van der Waals surface area contributed by atoms with Crippen molar-refractivity contribution >= 4 is 0 Å². The minimum Gasteiger partial charge on any atom is -0.384 e. The molecule has 0 aliphatic carbocycles. The molecule has 0 spiro atoms. The highest BCUT2D eigenvalue weighted by Crippen LogP contribution is 2.21. The Labute approximate surface area is 82.9 Å². The normalized spacial score (nSPS) is 23.2. The number of rotatable bonds is 2. The van der Waals surface area contributed by atoms with Gasteiger partial charge in [0, 0.05) is 19.5 Å². The standard InChI is InChI=1S/C9H16N4O/c1-6-2-3-13-8(4-6)11-12-9(13)7(14)5-10/h6-7,14H,2-5,10H2,1H3. The number of aliphatic hydroxyl groups excluding tert-OH is 1. The number of hydrogen-bond donors (Lipinski definition) is 2. The van der Waals surface area contributed by atoms with Gasteiger partial charge in [0.15, 0.2) is 5.82 Å². The molecule has 5 heteroatoms. The first-order valence-corrected chi connectivity index (χ1v) is 5.02. The highest BCUT2D eigenvalue weighted by atomic mass is 16.3. The van der Waals surface area contributed by atoms with Crippen LogP contribution in [0.25, 0.3) is 0 Å². The Morgan fingerprint density at radius 2 is 2.43 bits per heavy atom. The number of nitrogens with two attached hydrogens (primary N) is 1. The van der Waals surface area contributed by atoms with E-state index in [1.54, 1.807) is 0 Å². The summed E-state index contributed by atoms with van der Waals surface area (Å²) in [5.41, 5.74) is 5.39. The van der Waals surface area contributed by atoms with E-state index in [0.717, 1.165) is 25.2 Å². The molecule has 1 aliphatic rings. The smallest absolute Gasteiger partial charge is 0.163 e. The maximum Gasteiger partial charge on any atom is 0.163 e. The molecular weight excluding hydrogens is 180 g/mol. The molecule has 2 unspecified atom stereocenters. The molecular formula is C9H16N4O. The molecule has 2 atom stereocenters. The van der Waals surface area contributed by atoms with Gasteiger partial charge in [0.2, 0.25) is 0 Å². The Kier molecular flexibility index (Phi) is 2.52. The van der Waals surface area contributed by atoms with Gasteiger partial charge in [0.1, 0.15) is 11.9 Å². The van der Waals surface area contributed by atoms with Crippen LogP contribution in [0.4, 0.5) is 0 Å². The number of nitrogens with zero attached hydrogens (tertiary/aromatic N) is 3. The third-order valence-electron chi connectivity index (χ3n) is 2.75. The van der Waals surface area contributed by atoms with Crippen molar-refractivity contribution in [3.05, 3.63) is 11.6 Å². The number of aromatic nitrogens is 3. The van der Waals surface area contributed by atoms with Gasteiger partial charge < -0.3 is 15.4 Å². The van der Waals surface area contributed by atoms with Crippen molar-refractivity contribution in [1.29, 1.82) is 0 Å². The van der Waals surface area contributed by atoms with E-state index in [-0.39, 0.29) is 6.54 Å². The molecule has 14 heavy (non-hydrogen) atoms. The minimum atomic E-state index is -0.676. The summed E-state index contributed by atoms with van der Waals surface area (Å²) in [6.45, 7) is 3.31. The van der Waals surface area contributed by atoms with Gasteiger partial charge in [-0.15, -0.1) is 10.2 Å². The summed E-state index contributed by atoms with van der Waals surface area (Å²) in [5, 5.41) is 17.7. The molecule has 0 saturated heterocycles. The molecule has 78 valence electrons. The van der Waals surface area contributed by atoms with Crippen LogP contribution < -0.4 is 5.73 Å². The van der Waals surface area contributed by atoms with Crippen LogP contribution in [0, 0.1) is 5.92 Å². The Balaban J connectivity index is 2.28. The average molecular weight is 196 g/mol. The van der Waals surface area contributed by atoms with Crippen molar-refractivity contribution in [2.45, 2.75) is 32.4 Å². The second-order valence-electron chi connectivity index (χ2n) is 3.98. The molecule has 0 saturated carbocycles. The van der Waals surface area contributed by atoms with E-state index in [1.165, 1.54) is 0 Å². The van der Waals surface area contributed by atoms with Gasteiger partial charge in [-0.05, 0) is 12.3 Å². The molecule has 0 amide bonds. The molecule has 0 bridgehead atoms. The van der Waals surface area contributed by atoms with Gasteiger partial charge in [-0.25, -0.2) is 0 Å². The van der Waals surface area contributed by atoms with E-state index in [4.69, 9.17) is 5.73 Å². The Bertz CT molecular complexity index is 323. The zero-order valence-corrected chi connectivity index (χ0v) is 8.35. The van der Waals surface area contributed by atoms with E-state index in [9.17, 15) is 5.11 Å². The maximum atomic E-state index is 9.59. The quantitative estimate of drug-likeness (QED) is 0.689. The molecule has 1 aromatic heterocycles. The van der Waals surface area contributed by atoms with Gasteiger partial charge in [-0.2, -0.15) is 0 Å². The highest BCUT2D eigenvalue weighted by Gasteiger charge is 2.22. The Hall–Kier alpha value is -0.940. The summed E-state index contributed by atoms with van der Waals surface area (Å²) >= 11 is 0. The van der Waals surface area contributed by atoms with Gasteiger partial charge in [0.05, 0.1) is 0 Å².